The van der Waals surface area contributed by atoms with E-state index >= 15 is 0 Å². The Morgan fingerprint density at radius 3 is 2.59 bits per heavy atom. The largest absolute Gasteiger partial charge is 0.389 e. The van der Waals surface area contributed by atoms with Gasteiger partial charge < -0.3 is 20.2 Å². The van der Waals surface area contributed by atoms with Gasteiger partial charge in [0.1, 0.15) is 0 Å². The molecule has 0 unspecified atom stereocenters. The summed E-state index contributed by atoms with van der Waals surface area (Å²) in [5.41, 5.74) is 2.07. The summed E-state index contributed by atoms with van der Waals surface area (Å²) in [7, 11) is 0. The van der Waals surface area contributed by atoms with Crippen molar-refractivity contribution >= 4 is 29.0 Å². The molecule has 0 atom stereocenters. The molecule has 0 spiro atoms. The number of nitrogens with one attached hydrogen (secondary N) is 1. The third kappa shape index (κ3) is 3.49. The summed E-state index contributed by atoms with van der Waals surface area (Å²) in [5, 5.41) is 17.3. The highest BCUT2D eigenvalue weighted by atomic mass is 16.3. The Morgan fingerprint density at radius 2 is 1.86 bits per heavy atom. The van der Waals surface area contributed by atoms with Gasteiger partial charge in [0.2, 0.25) is 5.95 Å². The third-order valence-corrected chi connectivity index (χ3v) is 5.43. The highest BCUT2D eigenvalue weighted by Crippen LogP contribution is 2.23. The van der Waals surface area contributed by atoms with Crippen LogP contribution in [0.1, 0.15) is 29.6 Å². The summed E-state index contributed by atoms with van der Waals surface area (Å²) in [5.74, 6) is 1.27. The van der Waals surface area contributed by atoms with E-state index < -0.39 is 6.10 Å². The molecule has 9 heteroatoms. The SMILES string of the molecule is O=C(c1ccc(Nc2nc(N3CCCCC3)nn3ccnc23)cc1)N1CC(O)C1. The highest BCUT2D eigenvalue weighted by Gasteiger charge is 2.29. The van der Waals surface area contributed by atoms with Crippen LogP contribution >= 0.6 is 0 Å². The van der Waals surface area contributed by atoms with E-state index in [1.165, 1.54) is 6.42 Å². The number of aliphatic hydroxyl groups is 1. The first-order valence-electron chi connectivity index (χ1n) is 9.98. The first-order chi connectivity index (χ1) is 14.2. The molecule has 9 nitrogen and oxygen atoms in total. The number of piperidine rings is 1. The normalized spacial score (nSPS) is 17.4. The van der Waals surface area contributed by atoms with Crippen LogP contribution in [0.3, 0.4) is 0 Å². The van der Waals surface area contributed by atoms with Crippen molar-refractivity contribution in [1.29, 1.82) is 0 Å². The number of likely N-dealkylation sites (tertiary alicyclic amines) is 1. The third-order valence-electron chi connectivity index (χ3n) is 5.43. The van der Waals surface area contributed by atoms with Gasteiger partial charge in [0, 0.05) is 49.8 Å². The Hall–Kier alpha value is -3.20. The molecule has 3 aromatic rings. The lowest BCUT2D eigenvalue weighted by Gasteiger charge is -2.35. The van der Waals surface area contributed by atoms with E-state index in [-0.39, 0.29) is 5.91 Å². The molecule has 2 N–H and O–H groups in total. The fourth-order valence-electron chi connectivity index (χ4n) is 3.76. The molecule has 2 aliphatic heterocycles. The number of hydrogen-bond acceptors (Lipinski definition) is 7. The topological polar surface area (TPSA) is 98.9 Å². The molecule has 1 amide bonds. The van der Waals surface area contributed by atoms with Gasteiger partial charge >= 0.3 is 0 Å². The lowest BCUT2D eigenvalue weighted by atomic mass is 10.1. The van der Waals surface area contributed by atoms with Gasteiger partial charge in [-0.1, -0.05) is 0 Å². The standard InChI is InChI=1S/C20H23N7O2/c28-16-12-26(13-16)19(29)14-4-6-15(7-5-14)22-17-18-21-8-11-27(18)24-20(23-17)25-9-2-1-3-10-25/h4-8,11,16,28H,1-3,9-10,12-13H2,(H,22,23,24). The van der Waals surface area contributed by atoms with Crippen LogP contribution in [0.5, 0.6) is 0 Å². The maximum absolute atomic E-state index is 12.4. The van der Waals surface area contributed by atoms with E-state index in [0.29, 0.717) is 36.1 Å². The molecular weight excluding hydrogens is 370 g/mol. The summed E-state index contributed by atoms with van der Waals surface area (Å²) in [6.45, 7) is 2.72. The molecule has 2 saturated heterocycles. The van der Waals surface area contributed by atoms with E-state index in [2.05, 4.69) is 20.3 Å². The molecular formula is C20H23N7O2. The van der Waals surface area contributed by atoms with Crippen LogP contribution in [-0.4, -0.2) is 67.8 Å². The van der Waals surface area contributed by atoms with Gasteiger partial charge in [-0.2, -0.15) is 4.98 Å². The van der Waals surface area contributed by atoms with Crippen LogP contribution in [-0.2, 0) is 0 Å². The first kappa shape index (κ1) is 17.9. The zero-order valence-electron chi connectivity index (χ0n) is 16.0. The number of imidazole rings is 1. The number of anilines is 3. The van der Waals surface area contributed by atoms with Gasteiger partial charge in [0.25, 0.3) is 5.91 Å². The Labute approximate surface area is 168 Å². The average molecular weight is 393 g/mol. The molecule has 0 bridgehead atoms. The lowest BCUT2D eigenvalue weighted by Crippen LogP contribution is -2.53. The zero-order chi connectivity index (χ0) is 19.8. The lowest BCUT2D eigenvalue weighted by molar-refractivity contribution is 0.00590. The Kier molecular flexibility index (Phi) is 4.51. The number of carbonyl (C=O) groups excluding carboxylic acids is 1. The summed E-state index contributed by atoms with van der Waals surface area (Å²) < 4.78 is 1.74. The van der Waals surface area contributed by atoms with E-state index in [9.17, 15) is 9.90 Å². The second kappa shape index (κ2) is 7.32. The van der Waals surface area contributed by atoms with Crippen molar-refractivity contribution in [3.63, 3.8) is 0 Å². The van der Waals surface area contributed by atoms with Crippen LogP contribution in [0.4, 0.5) is 17.5 Å². The van der Waals surface area contributed by atoms with Crippen LogP contribution in [0.15, 0.2) is 36.7 Å². The number of aromatic nitrogens is 4. The van der Waals surface area contributed by atoms with Crippen molar-refractivity contribution in [3.8, 4) is 0 Å². The highest BCUT2D eigenvalue weighted by molar-refractivity contribution is 5.95. The van der Waals surface area contributed by atoms with Gasteiger partial charge in [-0.05, 0) is 43.5 Å². The Bertz CT molecular complexity index is 1020. The van der Waals surface area contributed by atoms with E-state index in [0.717, 1.165) is 31.6 Å². The summed E-state index contributed by atoms with van der Waals surface area (Å²) in [6.07, 6.45) is 6.67. The molecule has 29 heavy (non-hydrogen) atoms. The van der Waals surface area contributed by atoms with Gasteiger partial charge in [-0.25, -0.2) is 9.50 Å². The molecule has 4 heterocycles. The minimum Gasteiger partial charge on any atom is -0.389 e. The van der Waals surface area contributed by atoms with Crippen LogP contribution in [0, 0.1) is 0 Å². The smallest absolute Gasteiger partial charge is 0.254 e. The number of rotatable bonds is 4. The number of fused-ring (bicyclic) bond motifs is 1. The second-order valence-electron chi connectivity index (χ2n) is 7.57. The number of carbonyl (C=O) groups is 1. The Morgan fingerprint density at radius 1 is 1.10 bits per heavy atom. The van der Waals surface area contributed by atoms with Crippen molar-refractivity contribution < 1.29 is 9.90 Å². The van der Waals surface area contributed by atoms with Crippen molar-refractivity contribution in [1.82, 2.24) is 24.5 Å². The average Bonchev–Trinajstić information content (AvgIpc) is 3.21. The van der Waals surface area contributed by atoms with Gasteiger partial charge in [0.15, 0.2) is 11.5 Å². The van der Waals surface area contributed by atoms with Crippen LogP contribution < -0.4 is 10.2 Å². The molecule has 0 saturated carbocycles. The first-order valence-corrected chi connectivity index (χ1v) is 9.98. The predicted molar refractivity (Wildman–Crippen MR) is 108 cm³/mol. The Balaban J connectivity index is 1.38. The molecule has 2 aliphatic rings. The second-order valence-corrected chi connectivity index (χ2v) is 7.57. The van der Waals surface area contributed by atoms with Crippen molar-refractivity contribution in [3.05, 3.63) is 42.2 Å². The summed E-state index contributed by atoms with van der Waals surface area (Å²) in [4.78, 5) is 25.3. The van der Waals surface area contributed by atoms with Gasteiger partial charge in [-0.15, -0.1) is 5.10 Å². The molecule has 0 aliphatic carbocycles. The fourth-order valence-corrected chi connectivity index (χ4v) is 3.76. The number of benzene rings is 1. The van der Waals surface area contributed by atoms with E-state index in [1.807, 2.05) is 18.3 Å². The zero-order valence-corrected chi connectivity index (χ0v) is 16.0. The molecule has 0 radical (unpaired) electrons. The minimum absolute atomic E-state index is 0.0630. The monoisotopic (exact) mass is 393 g/mol. The molecule has 2 fully saturated rings. The number of hydrogen-bond donors (Lipinski definition) is 2. The maximum Gasteiger partial charge on any atom is 0.254 e. The van der Waals surface area contributed by atoms with E-state index in [4.69, 9.17) is 4.98 Å². The van der Waals surface area contributed by atoms with Crippen LogP contribution in [0.2, 0.25) is 0 Å². The summed E-state index contributed by atoms with van der Waals surface area (Å²) in [6, 6.07) is 7.27. The van der Waals surface area contributed by atoms with Gasteiger partial charge in [-0.3, -0.25) is 4.79 Å². The number of β-amino-alcohol motifs (C(OH)–C–C–N with tert-alkyl or cyclic N) is 1. The quantitative estimate of drug-likeness (QED) is 0.696. The number of aliphatic hydroxyl groups excluding tert-OH is 1. The molecule has 2 aromatic heterocycles. The van der Waals surface area contributed by atoms with Crippen molar-refractivity contribution in [2.24, 2.45) is 0 Å². The number of amides is 1. The number of nitrogens with zero attached hydrogens (tertiary/aromatic N) is 6. The fraction of sp³-hybridized carbons (Fsp3) is 0.400. The maximum atomic E-state index is 12.4. The van der Waals surface area contributed by atoms with Gasteiger partial charge in [0.05, 0.1) is 6.10 Å². The van der Waals surface area contributed by atoms with E-state index in [1.54, 1.807) is 27.7 Å². The van der Waals surface area contributed by atoms with Crippen LogP contribution in [0.25, 0.3) is 5.65 Å². The summed E-state index contributed by atoms with van der Waals surface area (Å²) >= 11 is 0. The van der Waals surface area contributed by atoms with Crippen molar-refractivity contribution in [2.75, 3.05) is 36.4 Å². The molecule has 150 valence electrons. The predicted octanol–water partition coefficient (Wildman–Crippen LogP) is 1.67. The minimum atomic E-state index is -0.399. The van der Waals surface area contributed by atoms with Crippen molar-refractivity contribution in [2.45, 2.75) is 25.4 Å². The molecule has 5 rings (SSSR count). The molecule has 1 aromatic carbocycles.